The summed E-state index contributed by atoms with van der Waals surface area (Å²) in [5.41, 5.74) is 2.57. The fraction of sp³-hybridized carbons (Fsp3) is 0.211. The normalized spacial score (nSPS) is 13.4. The van der Waals surface area contributed by atoms with E-state index in [0.29, 0.717) is 11.7 Å². The van der Waals surface area contributed by atoms with Crippen LogP contribution in [0.2, 0.25) is 0 Å². The van der Waals surface area contributed by atoms with Crippen molar-refractivity contribution in [2.45, 2.75) is 18.9 Å². The zero-order chi connectivity index (χ0) is 17.9. The van der Waals surface area contributed by atoms with Gasteiger partial charge < -0.3 is 16.0 Å². The molecule has 1 aromatic heterocycles. The summed E-state index contributed by atoms with van der Waals surface area (Å²) in [5, 5.41) is 13.6. The predicted octanol–water partition coefficient (Wildman–Crippen LogP) is 2.43. The monoisotopic (exact) mass is 349 g/mol. The van der Waals surface area contributed by atoms with Gasteiger partial charge in [-0.3, -0.25) is 4.79 Å². The number of hydrogen-bond donors (Lipinski definition) is 3. The lowest BCUT2D eigenvalue weighted by molar-refractivity contribution is -0.120. The Morgan fingerprint density at radius 3 is 2.62 bits per heavy atom. The van der Waals surface area contributed by atoms with Crippen molar-refractivity contribution in [2.24, 2.45) is 0 Å². The molecule has 0 atom stereocenters. The first kappa shape index (κ1) is 16.1. The van der Waals surface area contributed by atoms with Crippen molar-refractivity contribution in [1.29, 1.82) is 0 Å². The first-order valence-electron chi connectivity index (χ1n) is 8.56. The molecule has 4 rings (SSSR count). The Hall–Kier alpha value is -3.35. The van der Waals surface area contributed by atoms with E-state index >= 15 is 0 Å². The Balaban J connectivity index is 1.36. The number of para-hydroxylation sites is 1. The minimum Gasteiger partial charge on any atom is -0.352 e. The van der Waals surface area contributed by atoms with Gasteiger partial charge in [-0.25, -0.2) is 9.48 Å². The van der Waals surface area contributed by atoms with Crippen LogP contribution in [-0.2, 0) is 4.79 Å². The summed E-state index contributed by atoms with van der Waals surface area (Å²) >= 11 is 0. The van der Waals surface area contributed by atoms with E-state index < -0.39 is 6.03 Å². The third-order valence-electron chi connectivity index (χ3n) is 4.20. The van der Waals surface area contributed by atoms with Crippen molar-refractivity contribution in [3.8, 4) is 5.69 Å². The van der Waals surface area contributed by atoms with Crippen molar-refractivity contribution in [1.82, 2.24) is 20.4 Å². The second kappa shape index (κ2) is 6.87. The lowest BCUT2D eigenvalue weighted by Gasteiger charge is -2.09. The maximum atomic E-state index is 11.9. The Kier molecular flexibility index (Phi) is 4.27. The van der Waals surface area contributed by atoms with E-state index in [1.807, 2.05) is 47.3 Å². The minimum atomic E-state index is -0.409. The molecule has 0 unspecified atom stereocenters. The molecule has 3 N–H and O–H groups in total. The smallest absolute Gasteiger partial charge is 0.319 e. The molecule has 26 heavy (non-hydrogen) atoms. The van der Waals surface area contributed by atoms with Crippen LogP contribution in [0, 0.1) is 0 Å². The molecule has 0 spiro atoms. The largest absolute Gasteiger partial charge is 0.352 e. The van der Waals surface area contributed by atoms with Crippen LogP contribution < -0.4 is 16.0 Å². The third-order valence-corrected chi connectivity index (χ3v) is 4.20. The number of amides is 3. The molecular formula is C19H19N5O2. The predicted molar refractivity (Wildman–Crippen MR) is 99.3 cm³/mol. The number of benzene rings is 2. The molecule has 3 aromatic rings. The van der Waals surface area contributed by atoms with Crippen molar-refractivity contribution in [3.63, 3.8) is 0 Å². The fourth-order valence-corrected chi connectivity index (χ4v) is 2.71. The highest BCUT2D eigenvalue weighted by atomic mass is 16.2. The second-order valence-corrected chi connectivity index (χ2v) is 6.31. The van der Waals surface area contributed by atoms with Crippen molar-refractivity contribution >= 4 is 28.5 Å². The second-order valence-electron chi connectivity index (χ2n) is 6.31. The minimum absolute atomic E-state index is 0.0281. The van der Waals surface area contributed by atoms with Gasteiger partial charge in [0.1, 0.15) is 0 Å². The maximum Gasteiger partial charge on any atom is 0.319 e. The standard InChI is InChI=1S/C19H19N5O2/c25-18(22-14-5-6-14)12-20-19(26)23-15-7-9-16(10-8-15)24-17-4-2-1-3-13(17)11-21-24/h1-4,7-11,14H,5-6,12H2,(H,22,25)(H2,20,23,26). The highest BCUT2D eigenvalue weighted by molar-refractivity contribution is 5.92. The van der Waals surface area contributed by atoms with Gasteiger partial charge in [-0.2, -0.15) is 5.10 Å². The van der Waals surface area contributed by atoms with Crippen LogP contribution in [0.1, 0.15) is 12.8 Å². The molecule has 1 fully saturated rings. The van der Waals surface area contributed by atoms with Crippen LogP contribution in [0.25, 0.3) is 16.6 Å². The molecular weight excluding hydrogens is 330 g/mol. The summed E-state index contributed by atoms with van der Waals surface area (Å²) in [4.78, 5) is 23.5. The molecule has 0 radical (unpaired) electrons. The van der Waals surface area contributed by atoms with Crippen molar-refractivity contribution in [3.05, 3.63) is 54.7 Å². The Bertz CT molecular complexity index is 944. The molecule has 1 heterocycles. The van der Waals surface area contributed by atoms with E-state index in [4.69, 9.17) is 0 Å². The van der Waals surface area contributed by atoms with E-state index in [0.717, 1.165) is 29.4 Å². The summed E-state index contributed by atoms with van der Waals surface area (Å²) in [6.45, 7) is -0.0281. The first-order valence-corrected chi connectivity index (χ1v) is 8.56. The van der Waals surface area contributed by atoms with Gasteiger partial charge in [-0.15, -0.1) is 0 Å². The van der Waals surface area contributed by atoms with Crippen LogP contribution in [0.15, 0.2) is 54.7 Å². The van der Waals surface area contributed by atoms with Gasteiger partial charge in [0.25, 0.3) is 0 Å². The number of carbonyl (C=O) groups is 2. The van der Waals surface area contributed by atoms with Gasteiger partial charge in [0.2, 0.25) is 5.91 Å². The fourth-order valence-electron chi connectivity index (χ4n) is 2.71. The zero-order valence-electron chi connectivity index (χ0n) is 14.1. The molecule has 0 bridgehead atoms. The lowest BCUT2D eigenvalue weighted by atomic mass is 10.2. The summed E-state index contributed by atoms with van der Waals surface area (Å²) < 4.78 is 1.85. The average Bonchev–Trinajstić information content (AvgIpc) is 3.36. The number of fused-ring (bicyclic) bond motifs is 1. The molecule has 7 heteroatoms. The number of rotatable bonds is 5. The molecule has 1 saturated carbocycles. The van der Waals surface area contributed by atoms with Crippen LogP contribution in [0.3, 0.4) is 0 Å². The molecule has 132 valence electrons. The number of anilines is 1. The number of hydrogen-bond acceptors (Lipinski definition) is 3. The van der Waals surface area contributed by atoms with Gasteiger partial charge >= 0.3 is 6.03 Å². The number of nitrogens with zero attached hydrogens (tertiary/aromatic N) is 2. The van der Waals surface area contributed by atoms with Crippen LogP contribution >= 0.6 is 0 Å². The molecule has 0 aliphatic heterocycles. The zero-order valence-corrected chi connectivity index (χ0v) is 14.1. The Morgan fingerprint density at radius 1 is 1.08 bits per heavy atom. The Labute approximate surface area is 150 Å². The quantitative estimate of drug-likeness (QED) is 0.661. The number of nitrogens with one attached hydrogen (secondary N) is 3. The highest BCUT2D eigenvalue weighted by Crippen LogP contribution is 2.19. The number of carbonyl (C=O) groups excluding carboxylic acids is 2. The summed E-state index contributed by atoms with van der Waals surface area (Å²) in [7, 11) is 0. The molecule has 2 aromatic carbocycles. The summed E-state index contributed by atoms with van der Waals surface area (Å²) in [5.74, 6) is -0.163. The van der Waals surface area contributed by atoms with Crippen molar-refractivity contribution < 1.29 is 9.59 Å². The Morgan fingerprint density at radius 2 is 1.85 bits per heavy atom. The first-order chi connectivity index (χ1) is 12.7. The molecule has 0 saturated heterocycles. The van der Waals surface area contributed by atoms with E-state index in [1.165, 1.54) is 0 Å². The van der Waals surface area contributed by atoms with E-state index in [1.54, 1.807) is 12.1 Å². The SMILES string of the molecule is O=C(CNC(=O)Nc1ccc(-n2ncc3ccccc32)cc1)NC1CC1. The van der Waals surface area contributed by atoms with Crippen LogP contribution in [0.5, 0.6) is 0 Å². The lowest BCUT2D eigenvalue weighted by Crippen LogP contribution is -2.39. The van der Waals surface area contributed by atoms with Gasteiger partial charge in [0.05, 0.1) is 23.9 Å². The number of aromatic nitrogens is 2. The maximum absolute atomic E-state index is 11.9. The average molecular weight is 349 g/mol. The van der Waals surface area contributed by atoms with E-state index in [9.17, 15) is 9.59 Å². The van der Waals surface area contributed by atoms with Crippen LogP contribution in [-0.4, -0.2) is 34.3 Å². The van der Waals surface area contributed by atoms with Gasteiger partial charge in [-0.05, 0) is 43.2 Å². The highest BCUT2D eigenvalue weighted by Gasteiger charge is 2.23. The van der Waals surface area contributed by atoms with Gasteiger partial charge in [0, 0.05) is 17.1 Å². The summed E-state index contributed by atoms with van der Waals surface area (Å²) in [6, 6.07) is 15.2. The van der Waals surface area contributed by atoms with Crippen molar-refractivity contribution in [2.75, 3.05) is 11.9 Å². The summed E-state index contributed by atoms with van der Waals surface area (Å²) in [6.07, 6.45) is 3.87. The van der Waals surface area contributed by atoms with Gasteiger partial charge in [-0.1, -0.05) is 18.2 Å². The molecule has 1 aliphatic carbocycles. The molecule has 1 aliphatic rings. The topological polar surface area (TPSA) is 88.1 Å². The van der Waals surface area contributed by atoms with E-state index in [-0.39, 0.29) is 12.5 Å². The number of urea groups is 1. The molecule has 7 nitrogen and oxygen atoms in total. The molecule has 3 amide bonds. The van der Waals surface area contributed by atoms with E-state index in [2.05, 4.69) is 21.0 Å². The van der Waals surface area contributed by atoms with Gasteiger partial charge in [0.15, 0.2) is 0 Å². The third kappa shape index (κ3) is 3.66. The van der Waals surface area contributed by atoms with Crippen LogP contribution in [0.4, 0.5) is 10.5 Å².